The van der Waals surface area contributed by atoms with Gasteiger partial charge in [0.2, 0.25) is 5.91 Å². The van der Waals surface area contributed by atoms with E-state index in [9.17, 15) is 14.9 Å². The molecule has 1 N–H and O–H groups in total. The first-order valence-corrected chi connectivity index (χ1v) is 10.1. The molecule has 1 aliphatic rings. The third-order valence-electron chi connectivity index (χ3n) is 5.45. The van der Waals surface area contributed by atoms with Crippen molar-refractivity contribution >= 4 is 23.4 Å². The number of anilines is 1. The summed E-state index contributed by atoms with van der Waals surface area (Å²) in [6.07, 6.45) is 3.77. The van der Waals surface area contributed by atoms with Gasteiger partial charge in [-0.05, 0) is 65.1 Å². The van der Waals surface area contributed by atoms with Crippen molar-refractivity contribution in [1.82, 2.24) is 0 Å². The van der Waals surface area contributed by atoms with Crippen LogP contribution in [-0.4, -0.2) is 10.8 Å². The number of hydrogen-bond acceptors (Lipinski definition) is 4. The zero-order chi connectivity index (χ0) is 22.1. The molecule has 5 rings (SSSR count). The molecule has 0 saturated heterocycles. The van der Waals surface area contributed by atoms with E-state index in [1.165, 1.54) is 40.5 Å². The monoisotopic (exact) mass is 422 g/mol. The van der Waals surface area contributed by atoms with Gasteiger partial charge in [-0.15, -0.1) is 0 Å². The molecule has 4 aromatic rings. The lowest BCUT2D eigenvalue weighted by Crippen LogP contribution is -2.07. The van der Waals surface area contributed by atoms with Gasteiger partial charge in [0.25, 0.3) is 5.69 Å². The molecule has 6 nitrogen and oxygen atoms in total. The molecule has 156 valence electrons. The van der Waals surface area contributed by atoms with Crippen LogP contribution in [0, 0.1) is 10.1 Å². The van der Waals surface area contributed by atoms with Gasteiger partial charge in [0.1, 0.15) is 11.5 Å². The predicted molar refractivity (Wildman–Crippen MR) is 123 cm³/mol. The molecule has 32 heavy (non-hydrogen) atoms. The molecule has 1 aromatic heterocycles. The molecule has 0 bridgehead atoms. The highest BCUT2D eigenvalue weighted by Crippen LogP contribution is 2.37. The van der Waals surface area contributed by atoms with Crippen LogP contribution in [-0.2, 0) is 11.2 Å². The number of para-hydroxylation sites is 1. The predicted octanol–water partition coefficient (Wildman–Crippen LogP) is 6.08. The molecular weight excluding hydrogens is 404 g/mol. The third-order valence-corrected chi connectivity index (χ3v) is 5.45. The van der Waals surface area contributed by atoms with E-state index in [0.717, 1.165) is 12.1 Å². The second-order valence-electron chi connectivity index (χ2n) is 7.50. The third kappa shape index (κ3) is 3.70. The molecule has 1 heterocycles. The normalized spacial score (nSPS) is 11.9. The van der Waals surface area contributed by atoms with E-state index in [0.29, 0.717) is 17.1 Å². The van der Waals surface area contributed by atoms with E-state index in [1.807, 2.05) is 30.3 Å². The van der Waals surface area contributed by atoms with E-state index in [1.54, 1.807) is 30.3 Å². The Hall–Kier alpha value is -4.45. The first-order chi connectivity index (χ1) is 15.6. The SMILES string of the molecule is O=C(C=Cc1ccc(-c2ccccc2[N+](=O)[O-])o1)Nc1ccc2c(c1)Cc1ccccc1-2. The van der Waals surface area contributed by atoms with Crippen LogP contribution in [0.15, 0.2) is 89.4 Å². The number of amides is 1. The number of carbonyl (C=O) groups is 1. The van der Waals surface area contributed by atoms with Crippen LogP contribution >= 0.6 is 0 Å². The lowest BCUT2D eigenvalue weighted by Gasteiger charge is -2.06. The van der Waals surface area contributed by atoms with Gasteiger partial charge in [-0.25, -0.2) is 0 Å². The minimum Gasteiger partial charge on any atom is -0.456 e. The van der Waals surface area contributed by atoms with Crippen molar-refractivity contribution < 1.29 is 14.1 Å². The second-order valence-corrected chi connectivity index (χ2v) is 7.50. The number of nitro benzene ring substituents is 1. The lowest BCUT2D eigenvalue weighted by molar-refractivity contribution is -0.384. The first-order valence-electron chi connectivity index (χ1n) is 10.1. The zero-order valence-electron chi connectivity index (χ0n) is 16.9. The quantitative estimate of drug-likeness (QED) is 0.211. The first kappa shape index (κ1) is 19.5. The van der Waals surface area contributed by atoms with Crippen molar-refractivity contribution in [3.05, 3.63) is 112 Å². The maximum atomic E-state index is 12.4. The summed E-state index contributed by atoms with van der Waals surface area (Å²) in [7, 11) is 0. The minimum atomic E-state index is -0.448. The number of fused-ring (bicyclic) bond motifs is 3. The molecular formula is C26H18N2O4. The van der Waals surface area contributed by atoms with E-state index >= 15 is 0 Å². The average molecular weight is 422 g/mol. The van der Waals surface area contributed by atoms with Crippen molar-refractivity contribution in [2.24, 2.45) is 0 Å². The number of nitro groups is 1. The molecule has 0 radical (unpaired) electrons. The molecule has 0 unspecified atom stereocenters. The average Bonchev–Trinajstić information content (AvgIpc) is 3.42. The van der Waals surface area contributed by atoms with Gasteiger partial charge < -0.3 is 9.73 Å². The molecule has 0 aliphatic heterocycles. The number of rotatable bonds is 5. The largest absolute Gasteiger partial charge is 0.456 e. The Labute approximate surface area is 184 Å². The topological polar surface area (TPSA) is 85.4 Å². The summed E-state index contributed by atoms with van der Waals surface area (Å²) in [6.45, 7) is 0. The zero-order valence-corrected chi connectivity index (χ0v) is 16.9. The van der Waals surface area contributed by atoms with Crippen LogP contribution in [0.5, 0.6) is 0 Å². The number of furan rings is 1. The lowest BCUT2D eigenvalue weighted by atomic mass is 10.1. The Morgan fingerprint density at radius 3 is 2.50 bits per heavy atom. The van der Waals surface area contributed by atoms with Gasteiger partial charge in [-0.1, -0.05) is 42.5 Å². The molecule has 0 saturated carbocycles. The van der Waals surface area contributed by atoms with Crippen LogP contribution in [0.4, 0.5) is 11.4 Å². The summed E-state index contributed by atoms with van der Waals surface area (Å²) in [6, 6.07) is 23.9. The standard InChI is InChI=1S/C26H18N2O4/c29-26(27-19-9-12-22-18(16-19)15-17-5-1-2-6-21(17)22)14-11-20-10-13-25(32-20)23-7-3-4-8-24(23)28(30)31/h1-14,16H,15H2,(H,27,29). The summed E-state index contributed by atoms with van der Waals surface area (Å²) in [5.74, 6) is 0.511. The van der Waals surface area contributed by atoms with Gasteiger partial charge in [0.15, 0.2) is 0 Å². The molecule has 3 aromatic carbocycles. The summed E-state index contributed by atoms with van der Waals surface area (Å²) in [5, 5.41) is 14.1. The van der Waals surface area contributed by atoms with E-state index in [2.05, 4.69) is 17.4 Å². The van der Waals surface area contributed by atoms with Crippen LogP contribution in [0.3, 0.4) is 0 Å². The molecule has 1 aliphatic carbocycles. The maximum Gasteiger partial charge on any atom is 0.280 e. The Balaban J connectivity index is 1.28. The summed E-state index contributed by atoms with van der Waals surface area (Å²) >= 11 is 0. The second kappa shape index (κ2) is 8.00. The molecule has 0 atom stereocenters. The van der Waals surface area contributed by atoms with Crippen molar-refractivity contribution in [2.75, 3.05) is 5.32 Å². The fraction of sp³-hybridized carbons (Fsp3) is 0.0385. The molecule has 0 fully saturated rings. The highest BCUT2D eigenvalue weighted by Gasteiger charge is 2.18. The molecule has 0 spiro atoms. The highest BCUT2D eigenvalue weighted by atomic mass is 16.6. The van der Waals surface area contributed by atoms with E-state index in [-0.39, 0.29) is 11.6 Å². The number of nitrogens with zero attached hydrogens (tertiary/aromatic N) is 1. The van der Waals surface area contributed by atoms with E-state index < -0.39 is 4.92 Å². The van der Waals surface area contributed by atoms with Crippen molar-refractivity contribution in [2.45, 2.75) is 6.42 Å². The van der Waals surface area contributed by atoms with Crippen LogP contribution < -0.4 is 5.32 Å². The van der Waals surface area contributed by atoms with Gasteiger partial charge in [-0.3, -0.25) is 14.9 Å². The van der Waals surface area contributed by atoms with Crippen molar-refractivity contribution in [1.29, 1.82) is 0 Å². The van der Waals surface area contributed by atoms with Gasteiger partial charge in [0.05, 0.1) is 10.5 Å². The summed E-state index contributed by atoms with van der Waals surface area (Å²) in [5.41, 5.74) is 6.01. The molecule has 6 heteroatoms. The smallest absolute Gasteiger partial charge is 0.280 e. The fourth-order valence-electron chi connectivity index (χ4n) is 3.99. The number of nitrogens with one attached hydrogen (secondary N) is 1. The van der Waals surface area contributed by atoms with Crippen molar-refractivity contribution in [3.8, 4) is 22.5 Å². The Kier molecular flexibility index (Phi) is 4.88. The van der Waals surface area contributed by atoms with Gasteiger partial charge in [-0.2, -0.15) is 0 Å². The molecule has 1 amide bonds. The number of benzene rings is 3. The van der Waals surface area contributed by atoms with Gasteiger partial charge in [0, 0.05) is 17.8 Å². The highest BCUT2D eigenvalue weighted by molar-refractivity contribution is 6.02. The van der Waals surface area contributed by atoms with Crippen LogP contribution in [0.25, 0.3) is 28.5 Å². The number of hydrogen-bond donors (Lipinski definition) is 1. The number of carbonyl (C=O) groups excluding carboxylic acids is 1. The fourth-order valence-corrected chi connectivity index (χ4v) is 3.99. The summed E-state index contributed by atoms with van der Waals surface area (Å²) < 4.78 is 5.69. The van der Waals surface area contributed by atoms with Gasteiger partial charge >= 0.3 is 0 Å². The Morgan fingerprint density at radius 2 is 1.66 bits per heavy atom. The van der Waals surface area contributed by atoms with E-state index in [4.69, 9.17) is 4.42 Å². The van der Waals surface area contributed by atoms with Crippen LogP contribution in [0.2, 0.25) is 0 Å². The minimum absolute atomic E-state index is 0.0334. The summed E-state index contributed by atoms with van der Waals surface area (Å²) in [4.78, 5) is 23.2. The van der Waals surface area contributed by atoms with Crippen molar-refractivity contribution in [3.63, 3.8) is 0 Å². The maximum absolute atomic E-state index is 12.4. The Morgan fingerprint density at radius 1 is 0.906 bits per heavy atom. The Bertz CT molecular complexity index is 1380. The van der Waals surface area contributed by atoms with Crippen LogP contribution in [0.1, 0.15) is 16.9 Å².